The van der Waals surface area contributed by atoms with Gasteiger partial charge in [0.05, 0.1) is 22.9 Å². The van der Waals surface area contributed by atoms with Crippen molar-refractivity contribution in [1.29, 1.82) is 0 Å². The van der Waals surface area contributed by atoms with Crippen LogP contribution in [0.4, 0.5) is 11.4 Å². The molecule has 0 saturated carbocycles. The Labute approximate surface area is 205 Å². The minimum Gasteiger partial charge on any atom is -0.459 e. The molecule has 5 rings (SSSR count). The van der Waals surface area contributed by atoms with Gasteiger partial charge in [0, 0.05) is 11.7 Å². The minimum atomic E-state index is -3.91. The third kappa shape index (κ3) is 4.12. The van der Waals surface area contributed by atoms with E-state index in [0.29, 0.717) is 17.8 Å². The average Bonchev–Trinajstić information content (AvgIpc) is 3.40. The molecular weight excluding hydrogens is 460 g/mol. The van der Waals surface area contributed by atoms with Crippen molar-refractivity contribution >= 4 is 27.3 Å². The minimum absolute atomic E-state index is 0.228. The summed E-state index contributed by atoms with van der Waals surface area (Å²) in [5, 5.41) is 0. The predicted molar refractivity (Wildman–Crippen MR) is 136 cm³/mol. The highest BCUT2D eigenvalue weighted by Gasteiger charge is 2.41. The van der Waals surface area contributed by atoms with Crippen molar-refractivity contribution in [1.82, 2.24) is 0 Å². The summed E-state index contributed by atoms with van der Waals surface area (Å²) in [4.78, 5) is 15.3. The van der Waals surface area contributed by atoms with Gasteiger partial charge in [-0.2, -0.15) is 0 Å². The van der Waals surface area contributed by atoms with Crippen molar-refractivity contribution in [3.05, 3.63) is 114 Å². The Morgan fingerprint density at radius 2 is 1.60 bits per heavy atom. The van der Waals surface area contributed by atoms with Gasteiger partial charge in [0.15, 0.2) is 5.76 Å². The first-order valence-electron chi connectivity index (χ1n) is 11.5. The zero-order valence-corrected chi connectivity index (χ0v) is 20.4. The molecule has 1 aliphatic heterocycles. The van der Waals surface area contributed by atoms with Crippen molar-refractivity contribution < 1.29 is 17.6 Å². The number of anilines is 2. The molecule has 35 heavy (non-hydrogen) atoms. The van der Waals surface area contributed by atoms with Crippen LogP contribution in [0.5, 0.6) is 0 Å². The van der Waals surface area contributed by atoms with Crippen LogP contribution in [-0.4, -0.2) is 20.4 Å². The number of sulfonamides is 1. The van der Waals surface area contributed by atoms with Gasteiger partial charge in [0.25, 0.3) is 15.9 Å². The monoisotopic (exact) mass is 486 g/mol. The lowest BCUT2D eigenvalue weighted by Crippen LogP contribution is -2.47. The zero-order valence-electron chi connectivity index (χ0n) is 19.5. The SMILES string of the molecule is Cc1ccc(S(=O)(=O)N(c2ccccc2)[C@@H]2C[C@@H](C)N(C(=O)c3ccco3)c3ccccc32)cc1. The highest BCUT2D eigenvalue weighted by molar-refractivity contribution is 7.92. The van der Waals surface area contributed by atoms with Crippen molar-refractivity contribution in [2.45, 2.75) is 37.2 Å². The zero-order chi connectivity index (χ0) is 24.6. The Kier molecular flexibility index (Phi) is 5.94. The maximum absolute atomic E-state index is 14.1. The summed E-state index contributed by atoms with van der Waals surface area (Å²) in [6, 6.07) is 26.1. The van der Waals surface area contributed by atoms with E-state index in [0.717, 1.165) is 11.1 Å². The molecule has 1 aliphatic rings. The molecule has 1 amide bonds. The number of amides is 1. The first-order valence-corrected chi connectivity index (χ1v) is 12.9. The quantitative estimate of drug-likeness (QED) is 0.349. The number of rotatable bonds is 5. The van der Waals surface area contributed by atoms with Gasteiger partial charge < -0.3 is 9.32 Å². The number of aryl methyl sites for hydroxylation is 1. The summed E-state index contributed by atoms with van der Waals surface area (Å²) in [5.41, 5.74) is 3.01. The van der Waals surface area contributed by atoms with E-state index >= 15 is 0 Å². The Bertz CT molecular complexity index is 1430. The van der Waals surface area contributed by atoms with E-state index in [1.165, 1.54) is 10.6 Å². The number of nitrogens with zero attached hydrogens (tertiary/aromatic N) is 2. The lowest BCUT2D eigenvalue weighted by molar-refractivity contribution is 0.0947. The Morgan fingerprint density at radius 3 is 2.29 bits per heavy atom. The number of para-hydroxylation sites is 2. The summed E-state index contributed by atoms with van der Waals surface area (Å²) in [6.45, 7) is 3.86. The Hall–Kier alpha value is -3.84. The van der Waals surface area contributed by atoms with Crippen LogP contribution in [0.3, 0.4) is 0 Å². The summed E-state index contributed by atoms with van der Waals surface area (Å²) in [7, 11) is -3.91. The van der Waals surface area contributed by atoms with E-state index < -0.39 is 16.1 Å². The van der Waals surface area contributed by atoms with Gasteiger partial charge in [-0.3, -0.25) is 9.10 Å². The van der Waals surface area contributed by atoms with Crippen LogP contribution in [0.2, 0.25) is 0 Å². The number of benzene rings is 3. The molecule has 178 valence electrons. The van der Waals surface area contributed by atoms with Gasteiger partial charge in [-0.15, -0.1) is 0 Å². The third-order valence-electron chi connectivity index (χ3n) is 6.38. The molecule has 7 heteroatoms. The highest BCUT2D eigenvalue weighted by atomic mass is 32.2. The summed E-state index contributed by atoms with van der Waals surface area (Å²) < 4.78 is 35.1. The number of carbonyl (C=O) groups excluding carboxylic acids is 1. The second-order valence-electron chi connectivity index (χ2n) is 8.76. The molecule has 2 atom stereocenters. The fourth-order valence-corrected chi connectivity index (χ4v) is 6.36. The maximum atomic E-state index is 14.1. The van der Waals surface area contributed by atoms with Crippen LogP contribution in [-0.2, 0) is 10.0 Å². The summed E-state index contributed by atoms with van der Waals surface area (Å²) in [6.07, 6.45) is 1.89. The van der Waals surface area contributed by atoms with Gasteiger partial charge in [-0.05, 0) is 68.3 Å². The fourth-order valence-electron chi connectivity index (χ4n) is 4.72. The molecule has 3 aromatic carbocycles. The largest absolute Gasteiger partial charge is 0.459 e. The third-order valence-corrected chi connectivity index (χ3v) is 8.23. The van der Waals surface area contributed by atoms with E-state index in [-0.39, 0.29) is 22.6 Å². The van der Waals surface area contributed by atoms with Crippen LogP contribution in [0.1, 0.15) is 41.1 Å². The Balaban J connectivity index is 1.66. The van der Waals surface area contributed by atoms with E-state index in [2.05, 4.69) is 0 Å². The topological polar surface area (TPSA) is 70.8 Å². The molecule has 0 spiro atoms. The number of hydrogen-bond acceptors (Lipinski definition) is 4. The molecule has 0 fully saturated rings. The van der Waals surface area contributed by atoms with Crippen molar-refractivity contribution in [3.8, 4) is 0 Å². The van der Waals surface area contributed by atoms with Crippen LogP contribution < -0.4 is 9.21 Å². The van der Waals surface area contributed by atoms with Gasteiger partial charge >= 0.3 is 0 Å². The van der Waals surface area contributed by atoms with Crippen LogP contribution >= 0.6 is 0 Å². The molecule has 2 heterocycles. The number of hydrogen-bond donors (Lipinski definition) is 0. The highest BCUT2D eigenvalue weighted by Crippen LogP contribution is 2.44. The van der Waals surface area contributed by atoms with Crippen molar-refractivity contribution in [2.75, 3.05) is 9.21 Å². The first-order chi connectivity index (χ1) is 16.9. The number of carbonyl (C=O) groups is 1. The van der Waals surface area contributed by atoms with Crippen molar-refractivity contribution in [3.63, 3.8) is 0 Å². The average molecular weight is 487 g/mol. The normalized spacial score (nSPS) is 17.6. The van der Waals surface area contributed by atoms with E-state index in [4.69, 9.17) is 4.42 Å². The van der Waals surface area contributed by atoms with Crippen LogP contribution in [0.25, 0.3) is 0 Å². The fraction of sp³-hybridized carbons (Fsp3) is 0.179. The van der Waals surface area contributed by atoms with Crippen LogP contribution in [0, 0.1) is 6.92 Å². The molecule has 0 radical (unpaired) electrons. The summed E-state index contributed by atoms with van der Waals surface area (Å²) in [5.74, 6) is -0.00153. The van der Waals surface area contributed by atoms with E-state index in [1.807, 2.05) is 56.3 Å². The molecule has 4 aromatic rings. The van der Waals surface area contributed by atoms with Crippen molar-refractivity contribution in [2.24, 2.45) is 0 Å². The molecule has 6 nitrogen and oxygen atoms in total. The molecule has 0 N–H and O–H groups in total. The number of fused-ring (bicyclic) bond motifs is 1. The smallest absolute Gasteiger partial charge is 0.294 e. The lowest BCUT2D eigenvalue weighted by atomic mass is 9.91. The maximum Gasteiger partial charge on any atom is 0.294 e. The molecule has 0 unspecified atom stereocenters. The lowest BCUT2D eigenvalue weighted by Gasteiger charge is -2.43. The van der Waals surface area contributed by atoms with Gasteiger partial charge in [-0.1, -0.05) is 54.1 Å². The molecule has 0 bridgehead atoms. The van der Waals surface area contributed by atoms with Gasteiger partial charge in [-0.25, -0.2) is 8.42 Å². The first kappa shape index (κ1) is 22.9. The molecule has 0 saturated heterocycles. The predicted octanol–water partition coefficient (Wildman–Crippen LogP) is 5.96. The van der Waals surface area contributed by atoms with Gasteiger partial charge in [0.1, 0.15) is 0 Å². The van der Waals surface area contributed by atoms with E-state index in [1.54, 1.807) is 53.4 Å². The second kappa shape index (κ2) is 9.07. The Morgan fingerprint density at radius 1 is 0.914 bits per heavy atom. The number of furan rings is 1. The molecule has 1 aromatic heterocycles. The van der Waals surface area contributed by atoms with Gasteiger partial charge in [0.2, 0.25) is 0 Å². The van der Waals surface area contributed by atoms with Crippen LogP contribution in [0.15, 0.2) is 107 Å². The second-order valence-corrected chi connectivity index (χ2v) is 10.6. The van der Waals surface area contributed by atoms with E-state index in [9.17, 15) is 13.2 Å². The molecule has 0 aliphatic carbocycles. The molecular formula is C28H26N2O4S. The summed E-state index contributed by atoms with van der Waals surface area (Å²) >= 11 is 0. The standard InChI is InChI=1S/C28H26N2O4S/c1-20-14-16-23(17-15-20)35(32,33)30(22-9-4-3-5-10-22)26-19-21(2)29(25-12-7-6-11-24(25)26)28(31)27-13-8-18-34-27/h3-18,21,26H,19H2,1-2H3/t21-,26-/m1/s1.